The number of benzene rings is 1. The van der Waals surface area contributed by atoms with Crippen LogP contribution in [0.4, 0.5) is 0 Å². The second-order valence-electron chi connectivity index (χ2n) is 4.81. The van der Waals surface area contributed by atoms with Crippen LogP contribution in [0.2, 0.25) is 0 Å². The summed E-state index contributed by atoms with van der Waals surface area (Å²) in [7, 11) is -3.43. The molecule has 102 valence electrons. The van der Waals surface area contributed by atoms with E-state index in [-0.39, 0.29) is 10.9 Å². The Hall–Kier alpha value is -0.390. The van der Waals surface area contributed by atoms with E-state index in [9.17, 15) is 8.42 Å². The molecule has 2 atom stereocenters. The quantitative estimate of drug-likeness (QED) is 0.841. The van der Waals surface area contributed by atoms with Gasteiger partial charge in [0.2, 0.25) is 10.0 Å². The summed E-state index contributed by atoms with van der Waals surface area (Å²) in [5.74, 6) is 0. The minimum absolute atomic E-state index is 0.0933. The van der Waals surface area contributed by atoms with Crippen LogP contribution in [-0.4, -0.2) is 19.3 Å². The van der Waals surface area contributed by atoms with Crippen molar-refractivity contribution in [2.24, 2.45) is 0 Å². The highest BCUT2D eigenvalue weighted by Crippen LogP contribution is 2.18. The Morgan fingerprint density at radius 1 is 1.28 bits per heavy atom. The summed E-state index contributed by atoms with van der Waals surface area (Å²) in [5, 5.41) is 0. The molecule has 0 radical (unpaired) electrons. The van der Waals surface area contributed by atoms with Crippen LogP contribution < -0.4 is 4.72 Å². The second kappa shape index (κ2) is 6.17. The van der Waals surface area contributed by atoms with Crippen LogP contribution in [0.15, 0.2) is 23.1 Å². The van der Waals surface area contributed by atoms with Gasteiger partial charge in [-0.25, -0.2) is 13.1 Å². The van der Waals surface area contributed by atoms with E-state index in [1.165, 1.54) is 0 Å². The third-order valence-electron chi connectivity index (χ3n) is 2.67. The fourth-order valence-corrected chi connectivity index (χ4v) is 4.01. The fourth-order valence-electron chi connectivity index (χ4n) is 1.86. The summed E-state index contributed by atoms with van der Waals surface area (Å²) < 4.78 is 27.3. The number of alkyl halides is 1. The van der Waals surface area contributed by atoms with Gasteiger partial charge < -0.3 is 0 Å². The Morgan fingerprint density at radius 3 is 2.44 bits per heavy atom. The molecule has 0 spiro atoms. The first kappa shape index (κ1) is 15.7. The van der Waals surface area contributed by atoms with E-state index in [0.717, 1.165) is 17.5 Å². The number of hydrogen-bond acceptors (Lipinski definition) is 2. The molecule has 0 heterocycles. The lowest BCUT2D eigenvalue weighted by atomic mass is 10.2. The predicted octanol–water partition coefficient (Wildman–Crippen LogP) is 3.14. The molecule has 1 aromatic rings. The smallest absolute Gasteiger partial charge is 0.208 e. The van der Waals surface area contributed by atoms with Gasteiger partial charge in [-0.1, -0.05) is 35.0 Å². The molecule has 0 aromatic heterocycles. The summed E-state index contributed by atoms with van der Waals surface area (Å²) >= 11 is 3.43. The molecule has 0 bridgehead atoms. The van der Waals surface area contributed by atoms with Crippen molar-refractivity contribution in [2.75, 3.05) is 0 Å². The van der Waals surface area contributed by atoms with E-state index in [0.29, 0.717) is 4.90 Å². The molecule has 0 aliphatic rings. The highest BCUT2D eigenvalue weighted by Gasteiger charge is 2.20. The first-order chi connectivity index (χ1) is 8.22. The van der Waals surface area contributed by atoms with E-state index < -0.39 is 10.0 Å². The van der Waals surface area contributed by atoms with Gasteiger partial charge in [-0.3, -0.25) is 0 Å². The van der Waals surface area contributed by atoms with Crippen molar-refractivity contribution in [2.45, 2.75) is 49.9 Å². The van der Waals surface area contributed by atoms with Crippen molar-refractivity contribution in [3.05, 3.63) is 29.3 Å². The summed E-state index contributed by atoms with van der Waals surface area (Å²) in [5.41, 5.74) is 1.72. The summed E-state index contributed by atoms with van der Waals surface area (Å²) in [6.07, 6.45) is 0.754. The molecule has 1 N–H and O–H groups in total. The molecular weight excluding hydrogens is 314 g/mol. The molecule has 3 nitrogen and oxygen atoms in total. The number of rotatable bonds is 5. The number of halogens is 1. The zero-order chi connectivity index (χ0) is 13.9. The molecular formula is C13H20BrNO2S. The molecule has 0 saturated heterocycles. The largest absolute Gasteiger partial charge is 0.241 e. The molecule has 5 heteroatoms. The standard InChI is InChI=1S/C13H20BrNO2S/c1-9-5-6-10(2)13(7-9)18(16,17)15-12(4)8-11(3)14/h5-7,11-12,15H,8H2,1-4H3. The molecule has 0 aliphatic carbocycles. The van der Waals surface area contributed by atoms with Crippen LogP contribution in [0, 0.1) is 13.8 Å². The van der Waals surface area contributed by atoms with Gasteiger partial charge in [-0.15, -0.1) is 0 Å². The van der Waals surface area contributed by atoms with Gasteiger partial charge in [0.1, 0.15) is 0 Å². The maximum atomic E-state index is 12.3. The Labute approximate surface area is 118 Å². The molecule has 0 aliphatic heterocycles. The molecule has 0 amide bonds. The van der Waals surface area contributed by atoms with Gasteiger partial charge in [-0.2, -0.15) is 0 Å². The highest BCUT2D eigenvalue weighted by atomic mass is 79.9. The molecule has 1 aromatic carbocycles. The first-order valence-electron chi connectivity index (χ1n) is 5.96. The first-order valence-corrected chi connectivity index (χ1v) is 8.36. The molecule has 18 heavy (non-hydrogen) atoms. The van der Waals surface area contributed by atoms with E-state index in [1.54, 1.807) is 6.07 Å². The van der Waals surface area contributed by atoms with Gasteiger partial charge in [-0.05, 0) is 44.4 Å². The van der Waals surface area contributed by atoms with E-state index in [1.807, 2.05) is 39.8 Å². The molecule has 0 fully saturated rings. The van der Waals surface area contributed by atoms with Gasteiger partial charge in [0.15, 0.2) is 0 Å². The number of sulfonamides is 1. The van der Waals surface area contributed by atoms with E-state index in [2.05, 4.69) is 20.7 Å². The van der Waals surface area contributed by atoms with Crippen molar-refractivity contribution in [1.82, 2.24) is 4.72 Å². The van der Waals surface area contributed by atoms with Crippen molar-refractivity contribution >= 4 is 26.0 Å². The maximum absolute atomic E-state index is 12.3. The second-order valence-corrected chi connectivity index (χ2v) is 8.05. The molecule has 0 saturated carbocycles. The normalized spacial score (nSPS) is 15.4. The Morgan fingerprint density at radius 2 is 1.89 bits per heavy atom. The van der Waals surface area contributed by atoms with Gasteiger partial charge in [0.05, 0.1) is 4.90 Å². The lowest BCUT2D eigenvalue weighted by Gasteiger charge is -2.16. The van der Waals surface area contributed by atoms with Crippen LogP contribution in [0.1, 0.15) is 31.4 Å². The van der Waals surface area contributed by atoms with Gasteiger partial charge >= 0.3 is 0 Å². The van der Waals surface area contributed by atoms with Crippen molar-refractivity contribution < 1.29 is 8.42 Å². The maximum Gasteiger partial charge on any atom is 0.241 e. The fraction of sp³-hybridized carbons (Fsp3) is 0.538. The topological polar surface area (TPSA) is 46.2 Å². The summed E-state index contributed by atoms with van der Waals surface area (Å²) in [6.45, 7) is 7.58. The average molecular weight is 334 g/mol. The monoisotopic (exact) mass is 333 g/mol. The third kappa shape index (κ3) is 4.37. The van der Waals surface area contributed by atoms with Crippen LogP contribution >= 0.6 is 15.9 Å². The Bertz CT molecular complexity index is 512. The van der Waals surface area contributed by atoms with Crippen molar-refractivity contribution in [3.63, 3.8) is 0 Å². The zero-order valence-corrected chi connectivity index (χ0v) is 13.6. The van der Waals surface area contributed by atoms with Crippen molar-refractivity contribution in [3.8, 4) is 0 Å². The van der Waals surface area contributed by atoms with Gasteiger partial charge in [0.25, 0.3) is 0 Å². The SMILES string of the molecule is Cc1ccc(C)c(S(=O)(=O)NC(C)CC(C)Br)c1. The lowest BCUT2D eigenvalue weighted by molar-refractivity contribution is 0.547. The van der Waals surface area contributed by atoms with Gasteiger partial charge in [0, 0.05) is 10.9 Å². The average Bonchev–Trinajstić information content (AvgIpc) is 2.19. The van der Waals surface area contributed by atoms with Crippen LogP contribution in [0.25, 0.3) is 0 Å². The summed E-state index contributed by atoms with van der Waals surface area (Å²) in [6, 6.07) is 5.37. The Kier molecular flexibility index (Phi) is 5.37. The van der Waals surface area contributed by atoms with E-state index in [4.69, 9.17) is 0 Å². The Balaban J connectivity index is 2.96. The number of hydrogen-bond donors (Lipinski definition) is 1. The third-order valence-corrected chi connectivity index (χ3v) is 4.77. The zero-order valence-electron chi connectivity index (χ0n) is 11.2. The van der Waals surface area contributed by atoms with Crippen molar-refractivity contribution in [1.29, 1.82) is 0 Å². The minimum atomic E-state index is -3.43. The highest BCUT2D eigenvalue weighted by molar-refractivity contribution is 9.09. The van der Waals surface area contributed by atoms with Crippen LogP contribution in [0.3, 0.4) is 0 Å². The minimum Gasteiger partial charge on any atom is -0.208 e. The predicted molar refractivity (Wildman–Crippen MR) is 78.7 cm³/mol. The number of aryl methyl sites for hydroxylation is 2. The summed E-state index contributed by atoms with van der Waals surface area (Å²) in [4.78, 5) is 0.658. The van der Waals surface area contributed by atoms with Crippen LogP contribution in [-0.2, 0) is 10.0 Å². The lowest BCUT2D eigenvalue weighted by Crippen LogP contribution is -2.34. The number of nitrogens with one attached hydrogen (secondary N) is 1. The molecule has 1 rings (SSSR count). The van der Waals surface area contributed by atoms with Crippen LogP contribution in [0.5, 0.6) is 0 Å². The van der Waals surface area contributed by atoms with E-state index >= 15 is 0 Å². The molecule has 2 unspecified atom stereocenters.